The normalized spacial score (nSPS) is 12.9. The van der Waals surface area contributed by atoms with Gasteiger partial charge >= 0.3 is 0 Å². The molecule has 0 atom stereocenters. The number of nitrogens with zero attached hydrogens (tertiary/aromatic N) is 2. The fraction of sp³-hybridized carbons (Fsp3) is 0.0154. The van der Waals surface area contributed by atoms with E-state index >= 15 is 0 Å². The highest BCUT2D eigenvalue weighted by atomic mass is 16.5. The maximum atomic E-state index is 6.58. The summed E-state index contributed by atoms with van der Waals surface area (Å²) in [7, 11) is 0. The van der Waals surface area contributed by atoms with E-state index in [0.717, 1.165) is 45.3 Å². The van der Waals surface area contributed by atoms with Crippen LogP contribution in [0, 0.1) is 0 Å². The first kappa shape index (κ1) is 38.4. The van der Waals surface area contributed by atoms with Crippen LogP contribution >= 0.6 is 0 Å². The number of fused-ring (bicyclic) bond motifs is 9. The molecule has 0 N–H and O–H groups in total. The average molecular weight is 867 g/mol. The lowest BCUT2D eigenvalue weighted by atomic mass is 9.68. The Hall–Kier alpha value is -8.92. The number of benzene rings is 11. The molecule has 2 heterocycles. The minimum atomic E-state index is -0.526. The quantitative estimate of drug-likeness (QED) is 0.159. The second-order valence-corrected chi connectivity index (χ2v) is 17.9. The minimum absolute atomic E-state index is 0.526. The summed E-state index contributed by atoms with van der Waals surface area (Å²) in [6.07, 6.45) is 0. The van der Waals surface area contributed by atoms with Crippen molar-refractivity contribution in [3.05, 3.63) is 277 Å². The molecule has 0 unspecified atom stereocenters. The van der Waals surface area contributed by atoms with Crippen molar-refractivity contribution in [1.82, 2.24) is 4.57 Å². The standard InChI is InChI=1S/C65H42N2O/c1-3-19-46(20-4-1)65(47-21-5-2-6-22-47)55-27-11-9-24-53(55)63-56(65)28-16-31-59(63)66(48-37-33-44(34-38-48)51-26-15-18-43-17-7-8-23-50(43)51)49-39-35-45(36-40-49)52-41-42-61-64-62(52)54-25-10-12-29-57(54)67(64)58-30-13-14-32-60(58)68-61/h1-42H. The molecule has 0 spiro atoms. The molecule has 318 valence electrons. The maximum absolute atomic E-state index is 6.58. The van der Waals surface area contributed by atoms with E-state index in [1.54, 1.807) is 0 Å². The average Bonchev–Trinajstić information content (AvgIpc) is 3.93. The molecule has 3 heteroatoms. The molecule has 0 saturated carbocycles. The fourth-order valence-corrected chi connectivity index (χ4v) is 11.6. The number of aromatic nitrogens is 1. The molecule has 11 aromatic carbocycles. The Morgan fingerprint density at radius 3 is 1.72 bits per heavy atom. The third kappa shape index (κ3) is 5.54. The van der Waals surface area contributed by atoms with E-state index in [2.05, 4.69) is 258 Å². The first-order chi connectivity index (χ1) is 33.8. The summed E-state index contributed by atoms with van der Waals surface area (Å²) in [5.41, 5.74) is 18.3. The Balaban J connectivity index is 0.979. The molecule has 0 amide bonds. The van der Waals surface area contributed by atoms with Crippen LogP contribution in [-0.2, 0) is 5.41 Å². The number of anilines is 3. The van der Waals surface area contributed by atoms with Crippen molar-refractivity contribution in [1.29, 1.82) is 0 Å². The number of hydrogen-bond acceptors (Lipinski definition) is 2. The maximum Gasteiger partial charge on any atom is 0.152 e. The van der Waals surface area contributed by atoms with Gasteiger partial charge in [-0.05, 0) is 122 Å². The second-order valence-electron chi connectivity index (χ2n) is 17.9. The fourth-order valence-electron chi connectivity index (χ4n) is 11.6. The molecule has 14 rings (SSSR count). The SMILES string of the molecule is c1ccc(C2(c3ccccc3)c3ccccc3-c3c(N(c4ccc(-c5cccc6ccccc56)cc4)c4ccc(-c5ccc6c7c5c5ccccc5n7-c5ccccc5O6)cc4)cccc32)cc1. The molecule has 0 bridgehead atoms. The third-order valence-electron chi connectivity index (χ3n) is 14.5. The molecule has 0 saturated heterocycles. The summed E-state index contributed by atoms with van der Waals surface area (Å²) < 4.78 is 8.96. The van der Waals surface area contributed by atoms with Gasteiger partial charge in [-0.3, -0.25) is 0 Å². The molecule has 1 aromatic heterocycles. The Kier molecular flexibility index (Phi) is 8.50. The zero-order chi connectivity index (χ0) is 44.8. The van der Waals surface area contributed by atoms with E-state index < -0.39 is 5.41 Å². The van der Waals surface area contributed by atoms with Crippen LogP contribution in [0.1, 0.15) is 22.3 Å². The third-order valence-corrected chi connectivity index (χ3v) is 14.5. The number of hydrogen-bond donors (Lipinski definition) is 0. The Morgan fingerprint density at radius 2 is 0.956 bits per heavy atom. The van der Waals surface area contributed by atoms with Crippen molar-refractivity contribution >= 4 is 49.6 Å². The predicted molar refractivity (Wildman–Crippen MR) is 281 cm³/mol. The lowest BCUT2D eigenvalue weighted by Gasteiger charge is -2.34. The lowest BCUT2D eigenvalue weighted by molar-refractivity contribution is 0.476. The van der Waals surface area contributed by atoms with Gasteiger partial charge in [-0.15, -0.1) is 0 Å². The van der Waals surface area contributed by atoms with Gasteiger partial charge < -0.3 is 14.2 Å². The smallest absolute Gasteiger partial charge is 0.152 e. The van der Waals surface area contributed by atoms with Crippen LogP contribution in [0.4, 0.5) is 17.1 Å². The molecule has 68 heavy (non-hydrogen) atoms. The number of para-hydroxylation sites is 3. The van der Waals surface area contributed by atoms with Gasteiger partial charge in [0.15, 0.2) is 11.5 Å². The van der Waals surface area contributed by atoms with E-state index in [9.17, 15) is 0 Å². The lowest BCUT2D eigenvalue weighted by Crippen LogP contribution is -2.28. The highest BCUT2D eigenvalue weighted by molar-refractivity contribution is 6.18. The van der Waals surface area contributed by atoms with Gasteiger partial charge in [0, 0.05) is 27.7 Å². The van der Waals surface area contributed by atoms with Crippen molar-refractivity contribution < 1.29 is 4.74 Å². The van der Waals surface area contributed by atoms with Crippen LogP contribution in [0.15, 0.2) is 255 Å². The van der Waals surface area contributed by atoms with Crippen LogP contribution in [-0.4, -0.2) is 4.57 Å². The van der Waals surface area contributed by atoms with Crippen molar-refractivity contribution in [2.45, 2.75) is 5.41 Å². The molecular weight excluding hydrogens is 825 g/mol. The van der Waals surface area contributed by atoms with E-state index in [0.29, 0.717) is 0 Å². The number of ether oxygens (including phenoxy) is 1. The predicted octanol–water partition coefficient (Wildman–Crippen LogP) is 17.2. The largest absolute Gasteiger partial charge is 0.453 e. The molecule has 0 radical (unpaired) electrons. The minimum Gasteiger partial charge on any atom is -0.453 e. The summed E-state index contributed by atoms with van der Waals surface area (Å²) in [4.78, 5) is 2.46. The van der Waals surface area contributed by atoms with Gasteiger partial charge in [0.1, 0.15) is 0 Å². The molecule has 2 aliphatic rings. The van der Waals surface area contributed by atoms with Crippen LogP contribution < -0.4 is 9.64 Å². The molecule has 1 aliphatic heterocycles. The van der Waals surface area contributed by atoms with Crippen LogP contribution in [0.25, 0.3) is 71.6 Å². The van der Waals surface area contributed by atoms with Crippen LogP contribution in [0.2, 0.25) is 0 Å². The zero-order valence-corrected chi connectivity index (χ0v) is 37.1. The summed E-state index contributed by atoms with van der Waals surface area (Å²) in [5, 5.41) is 4.88. The topological polar surface area (TPSA) is 17.4 Å². The van der Waals surface area contributed by atoms with Crippen LogP contribution in [0.3, 0.4) is 0 Å². The summed E-state index contributed by atoms with van der Waals surface area (Å²) >= 11 is 0. The van der Waals surface area contributed by atoms with Crippen molar-refractivity contribution in [2.24, 2.45) is 0 Å². The van der Waals surface area contributed by atoms with Crippen molar-refractivity contribution in [2.75, 3.05) is 4.90 Å². The van der Waals surface area contributed by atoms with Crippen molar-refractivity contribution in [3.8, 4) is 50.6 Å². The molecule has 1 aliphatic carbocycles. The Morgan fingerprint density at radius 1 is 0.382 bits per heavy atom. The summed E-state index contributed by atoms with van der Waals surface area (Å²) in [6, 6.07) is 93.1. The van der Waals surface area contributed by atoms with E-state index in [1.807, 2.05) is 6.07 Å². The molecular formula is C65H42N2O. The van der Waals surface area contributed by atoms with Gasteiger partial charge in [-0.1, -0.05) is 194 Å². The van der Waals surface area contributed by atoms with Gasteiger partial charge in [-0.2, -0.15) is 0 Å². The summed E-state index contributed by atoms with van der Waals surface area (Å²) in [6.45, 7) is 0. The molecule has 12 aromatic rings. The van der Waals surface area contributed by atoms with Gasteiger partial charge in [0.2, 0.25) is 0 Å². The highest BCUT2D eigenvalue weighted by Gasteiger charge is 2.47. The first-order valence-electron chi connectivity index (χ1n) is 23.4. The zero-order valence-electron chi connectivity index (χ0n) is 37.1. The van der Waals surface area contributed by atoms with Crippen LogP contribution in [0.5, 0.6) is 11.5 Å². The summed E-state index contributed by atoms with van der Waals surface area (Å²) in [5.74, 6) is 1.73. The number of rotatable bonds is 7. The molecule has 0 fully saturated rings. The van der Waals surface area contributed by atoms with E-state index in [4.69, 9.17) is 4.74 Å². The second kappa shape index (κ2) is 15.1. The Bertz CT molecular complexity index is 3880. The van der Waals surface area contributed by atoms with Crippen molar-refractivity contribution in [3.63, 3.8) is 0 Å². The van der Waals surface area contributed by atoms with E-state index in [1.165, 1.54) is 77.1 Å². The monoisotopic (exact) mass is 866 g/mol. The first-order valence-corrected chi connectivity index (χ1v) is 23.4. The van der Waals surface area contributed by atoms with E-state index in [-0.39, 0.29) is 0 Å². The molecule has 3 nitrogen and oxygen atoms in total. The Labute approximate surface area is 395 Å². The van der Waals surface area contributed by atoms with Gasteiger partial charge in [0.25, 0.3) is 0 Å². The van der Waals surface area contributed by atoms with Gasteiger partial charge in [0.05, 0.1) is 27.8 Å². The van der Waals surface area contributed by atoms with Gasteiger partial charge in [-0.25, -0.2) is 0 Å². The highest BCUT2D eigenvalue weighted by Crippen LogP contribution is 2.59.